The molecular weight excluding hydrogens is 559 g/mol. The van der Waals surface area contributed by atoms with Crippen molar-refractivity contribution in [3.8, 4) is 45.3 Å². The van der Waals surface area contributed by atoms with E-state index >= 15 is 0 Å². The van der Waals surface area contributed by atoms with Crippen molar-refractivity contribution >= 4 is 53.4 Å². The maximum atomic E-state index is 9.43. The molecule has 0 atom stereocenters. The molecule has 6 aromatic carbocycles. The van der Waals surface area contributed by atoms with Crippen molar-refractivity contribution in [3.63, 3.8) is 0 Å². The summed E-state index contributed by atoms with van der Waals surface area (Å²) in [6.07, 6.45) is 0. The summed E-state index contributed by atoms with van der Waals surface area (Å²) in [5.41, 5.74) is 2.12. The first kappa shape index (κ1) is 19.5. The fraction of sp³-hybridized carbons (Fsp3) is 0. The van der Waals surface area contributed by atoms with Crippen LogP contribution in [0.25, 0.3) is 87.4 Å². The van der Waals surface area contributed by atoms with Crippen LogP contribution in [0.2, 0.25) is 0 Å². The number of fused-ring (bicyclic) bond motifs is 6. The van der Waals surface area contributed by atoms with Crippen LogP contribution in [-0.2, 0) is 0 Å². The largest absolute Gasteiger partial charge is 0.456 e. The van der Waals surface area contributed by atoms with Gasteiger partial charge in [0, 0.05) is 47.6 Å². The lowest BCUT2D eigenvalue weighted by molar-refractivity contribution is 0.669. The number of hydrogen-bond donors (Lipinski definition) is 0. The summed E-state index contributed by atoms with van der Waals surface area (Å²) in [4.78, 5) is 14.1. The first-order valence-electron chi connectivity index (χ1n) is 17.1. The standard InChI is InChI=1S/C39H23N3OS/c1-3-10-24(11-4-1)37-40-38(25-12-5-2-6-13-25)42-39(41-37)27-18-20-29-32-22-26(19-21-33(32)43-34(29)23-27)28-15-9-16-31-30-14-7-8-17-35(30)44-36(28)31/h1-23H/i18D,19D,20D,21D,22D,23D. The molecule has 0 bridgehead atoms. The molecule has 0 aliphatic rings. The Kier molecular flexibility index (Phi) is 4.42. The van der Waals surface area contributed by atoms with Crippen LogP contribution in [0.4, 0.5) is 0 Å². The van der Waals surface area contributed by atoms with E-state index in [1.807, 2.05) is 103 Å². The van der Waals surface area contributed by atoms with E-state index in [2.05, 4.69) is 9.97 Å². The van der Waals surface area contributed by atoms with E-state index in [-0.39, 0.29) is 75.1 Å². The molecule has 0 fully saturated rings. The molecule has 5 heteroatoms. The molecule has 0 N–H and O–H groups in total. The fourth-order valence-electron chi connectivity index (χ4n) is 5.50. The van der Waals surface area contributed by atoms with Crippen molar-refractivity contribution in [1.82, 2.24) is 15.0 Å². The maximum absolute atomic E-state index is 9.43. The van der Waals surface area contributed by atoms with Gasteiger partial charge >= 0.3 is 0 Å². The van der Waals surface area contributed by atoms with Gasteiger partial charge in [0.05, 0.1) is 8.22 Å². The minimum Gasteiger partial charge on any atom is -0.456 e. The van der Waals surface area contributed by atoms with Gasteiger partial charge in [0.1, 0.15) is 11.2 Å². The first-order valence-corrected chi connectivity index (χ1v) is 14.9. The highest BCUT2D eigenvalue weighted by molar-refractivity contribution is 7.26. The summed E-state index contributed by atoms with van der Waals surface area (Å²) in [5.74, 6) is 0.703. The number of aromatic nitrogens is 3. The van der Waals surface area contributed by atoms with E-state index in [0.29, 0.717) is 28.3 Å². The molecule has 0 saturated heterocycles. The van der Waals surface area contributed by atoms with Crippen molar-refractivity contribution in [3.05, 3.63) is 139 Å². The molecule has 4 nitrogen and oxygen atoms in total. The number of hydrogen-bond acceptors (Lipinski definition) is 5. The van der Waals surface area contributed by atoms with Crippen molar-refractivity contribution in [1.29, 1.82) is 0 Å². The third-order valence-electron chi connectivity index (χ3n) is 7.61. The molecule has 44 heavy (non-hydrogen) atoms. The Hall–Kier alpha value is -5.65. The monoisotopic (exact) mass is 587 g/mol. The molecule has 0 aliphatic carbocycles. The summed E-state index contributed by atoms with van der Waals surface area (Å²) in [7, 11) is 0. The molecule has 206 valence electrons. The smallest absolute Gasteiger partial charge is 0.164 e. The average molecular weight is 588 g/mol. The number of furan rings is 1. The van der Waals surface area contributed by atoms with Crippen LogP contribution in [0.1, 0.15) is 8.22 Å². The molecule has 0 radical (unpaired) electrons. The first-order chi connectivity index (χ1) is 24.3. The summed E-state index contributed by atoms with van der Waals surface area (Å²) in [6, 6.07) is 31.0. The van der Waals surface area contributed by atoms with E-state index in [0.717, 1.165) is 20.2 Å². The van der Waals surface area contributed by atoms with Crippen molar-refractivity contribution < 1.29 is 12.6 Å². The lowest BCUT2D eigenvalue weighted by Crippen LogP contribution is -2.00. The highest BCUT2D eigenvalue weighted by atomic mass is 32.1. The second-order valence-corrected chi connectivity index (χ2v) is 11.4. The highest BCUT2D eigenvalue weighted by Crippen LogP contribution is 2.41. The van der Waals surface area contributed by atoms with Gasteiger partial charge in [0.25, 0.3) is 0 Å². The molecule has 3 aromatic heterocycles. The maximum Gasteiger partial charge on any atom is 0.164 e. The molecule has 0 saturated carbocycles. The molecular formula is C39H23N3OS. The van der Waals surface area contributed by atoms with Gasteiger partial charge in [-0.15, -0.1) is 11.3 Å². The van der Waals surface area contributed by atoms with E-state index in [1.54, 1.807) is 11.3 Å². The van der Waals surface area contributed by atoms with Crippen molar-refractivity contribution in [2.24, 2.45) is 0 Å². The predicted octanol–water partition coefficient (Wildman–Crippen LogP) is 10.8. The van der Waals surface area contributed by atoms with Crippen LogP contribution in [-0.4, -0.2) is 15.0 Å². The van der Waals surface area contributed by atoms with Crippen LogP contribution in [0.15, 0.2) is 144 Å². The number of nitrogens with zero attached hydrogens (tertiary/aromatic N) is 3. The lowest BCUT2D eigenvalue weighted by Gasteiger charge is -2.08. The second-order valence-electron chi connectivity index (χ2n) is 10.3. The van der Waals surface area contributed by atoms with Gasteiger partial charge in [0.2, 0.25) is 0 Å². The normalized spacial score (nSPS) is 13.5. The van der Waals surface area contributed by atoms with Crippen LogP contribution >= 0.6 is 11.3 Å². The van der Waals surface area contributed by atoms with Gasteiger partial charge in [-0.05, 0) is 41.4 Å². The quantitative estimate of drug-likeness (QED) is 0.205. The summed E-state index contributed by atoms with van der Waals surface area (Å²) >= 11 is 1.56. The van der Waals surface area contributed by atoms with Gasteiger partial charge in [-0.25, -0.2) is 15.0 Å². The number of benzene rings is 6. The summed E-state index contributed by atoms with van der Waals surface area (Å²) < 4.78 is 63.3. The topological polar surface area (TPSA) is 51.8 Å². The fourth-order valence-corrected chi connectivity index (χ4v) is 6.72. The highest BCUT2D eigenvalue weighted by Gasteiger charge is 2.16. The van der Waals surface area contributed by atoms with E-state index in [1.165, 1.54) is 0 Å². The molecule has 0 amide bonds. The molecule has 9 rings (SSSR count). The molecule has 9 aromatic rings. The number of thiophene rings is 1. The van der Waals surface area contributed by atoms with Gasteiger partial charge in [-0.1, -0.05) is 109 Å². The summed E-state index contributed by atoms with van der Waals surface area (Å²) in [6.45, 7) is 0. The molecule has 3 heterocycles. The third-order valence-corrected chi connectivity index (χ3v) is 8.83. The van der Waals surface area contributed by atoms with Crippen LogP contribution < -0.4 is 0 Å². The molecule has 0 aliphatic heterocycles. The Morgan fingerprint density at radius 2 is 1.11 bits per heavy atom. The average Bonchev–Trinajstić information content (AvgIpc) is 3.75. The van der Waals surface area contributed by atoms with Gasteiger partial charge in [-0.3, -0.25) is 0 Å². The van der Waals surface area contributed by atoms with Crippen molar-refractivity contribution in [2.45, 2.75) is 0 Å². The van der Waals surface area contributed by atoms with Crippen molar-refractivity contribution in [2.75, 3.05) is 0 Å². The summed E-state index contributed by atoms with van der Waals surface area (Å²) in [5, 5.41) is 2.25. The van der Waals surface area contributed by atoms with Gasteiger partial charge in [-0.2, -0.15) is 0 Å². The van der Waals surface area contributed by atoms with E-state index < -0.39 is 0 Å². The molecule has 0 unspecified atom stereocenters. The zero-order valence-electron chi connectivity index (χ0n) is 29.0. The minimum atomic E-state index is -0.316. The van der Waals surface area contributed by atoms with Crippen LogP contribution in [0, 0.1) is 0 Å². The van der Waals surface area contributed by atoms with Crippen LogP contribution in [0.5, 0.6) is 0 Å². The lowest BCUT2D eigenvalue weighted by atomic mass is 10.0. The zero-order chi connectivity index (χ0) is 34.3. The van der Waals surface area contributed by atoms with E-state index in [4.69, 9.17) is 12.1 Å². The zero-order valence-corrected chi connectivity index (χ0v) is 23.8. The Morgan fingerprint density at radius 1 is 0.477 bits per heavy atom. The second kappa shape index (κ2) is 9.97. The SMILES string of the molecule is [2H]c1c(-c2cccc3c2sc2ccccc23)c([2H])c2c(oc3c([2H])c(-c4nc(-c5ccccc5)nc(-c5ccccc5)n4)c([2H])c([2H])c32)c1[2H]. The minimum absolute atomic E-state index is 0.0269. The van der Waals surface area contributed by atoms with Gasteiger partial charge < -0.3 is 4.42 Å². The van der Waals surface area contributed by atoms with Gasteiger partial charge in [0.15, 0.2) is 17.5 Å². The predicted molar refractivity (Wildman–Crippen MR) is 182 cm³/mol. The van der Waals surface area contributed by atoms with Crippen LogP contribution in [0.3, 0.4) is 0 Å². The number of rotatable bonds is 4. The molecule has 0 spiro atoms. The Bertz CT molecular complexity index is 2780. The third kappa shape index (κ3) is 4.09. The Morgan fingerprint density at radius 3 is 1.86 bits per heavy atom. The Labute approximate surface area is 265 Å². The Balaban J connectivity index is 1.32. The van der Waals surface area contributed by atoms with E-state index in [9.17, 15) is 5.48 Å².